The highest BCUT2D eigenvalue weighted by Crippen LogP contribution is 2.31. The number of aryl methyl sites for hydroxylation is 2. The Morgan fingerprint density at radius 1 is 1.35 bits per heavy atom. The normalized spacial score (nSPS) is 17.5. The number of nitrogens with one attached hydrogen (secondary N) is 1. The first-order valence-corrected chi connectivity index (χ1v) is 8.79. The van der Waals surface area contributed by atoms with E-state index >= 15 is 0 Å². The van der Waals surface area contributed by atoms with Crippen LogP contribution in [-0.4, -0.2) is 32.3 Å². The van der Waals surface area contributed by atoms with Gasteiger partial charge in [-0.05, 0) is 26.7 Å². The Morgan fingerprint density at radius 3 is 2.87 bits per heavy atom. The van der Waals surface area contributed by atoms with E-state index < -0.39 is 0 Å². The summed E-state index contributed by atoms with van der Waals surface area (Å²) in [6, 6.07) is 1.89. The van der Waals surface area contributed by atoms with Crippen molar-refractivity contribution in [1.29, 1.82) is 0 Å². The lowest BCUT2D eigenvalue weighted by Gasteiger charge is -2.23. The summed E-state index contributed by atoms with van der Waals surface area (Å²) < 4.78 is 0. The van der Waals surface area contributed by atoms with Crippen LogP contribution in [0.3, 0.4) is 0 Å². The third kappa shape index (κ3) is 3.50. The minimum absolute atomic E-state index is 0.0130. The predicted octanol–water partition coefficient (Wildman–Crippen LogP) is 3.37. The van der Waals surface area contributed by atoms with Crippen molar-refractivity contribution in [3.63, 3.8) is 0 Å². The number of likely N-dealkylation sites (tertiary alicyclic amines) is 1. The Morgan fingerprint density at radius 2 is 2.17 bits per heavy atom. The van der Waals surface area contributed by atoms with Crippen LogP contribution in [0.4, 0.5) is 10.9 Å². The number of amides is 1. The van der Waals surface area contributed by atoms with Crippen LogP contribution >= 0.6 is 11.3 Å². The number of carbonyl (C=O) groups is 1. The Labute approximate surface area is 140 Å². The summed E-state index contributed by atoms with van der Waals surface area (Å²) in [5.74, 6) is 1.63. The molecule has 0 aliphatic carbocycles. The summed E-state index contributed by atoms with van der Waals surface area (Å²) in [5.41, 5.74) is 1.88. The first kappa shape index (κ1) is 15.9. The van der Waals surface area contributed by atoms with Gasteiger partial charge in [-0.2, -0.15) is 0 Å². The number of hydrogen-bond acceptors (Lipinski definition) is 6. The van der Waals surface area contributed by atoms with Crippen LogP contribution in [0.15, 0.2) is 11.4 Å². The maximum atomic E-state index is 12.1. The van der Waals surface area contributed by atoms with Crippen LogP contribution < -0.4 is 5.32 Å². The molecule has 6 nitrogen and oxygen atoms in total. The summed E-state index contributed by atoms with van der Waals surface area (Å²) in [4.78, 5) is 27.6. The van der Waals surface area contributed by atoms with Gasteiger partial charge < -0.3 is 10.2 Å². The highest BCUT2D eigenvalue weighted by Gasteiger charge is 2.31. The van der Waals surface area contributed by atoms with Crippen LogP contribution in [0, 0.1) is 13.8 Å². The number of hydrogen-bond donors (Lipinski definition) is 1. The zero-order valence-corrected chi connectivity index (χ0v) is 14.5. The van der Waals surface area contributed by atoms with Crippen LogP contribution in [-0.2, 0) is 4.79 Å². The lowest BCUT2D eigenvalue weighted by Crippen LogP contribution is -2.31. The molecular weight excluding hydrogens is 310 g/mol. The topological polar surface area (TPSA) is 71.0 Å². The molecule has 3 heterocycles. The smallest absolute Gasteiger partial charge is 0.222 e. The molecule has 1 N–H and O–H groups in total. The summed E-state index contributed by atoms with van der Waals surface area (Å²) >= 11 is 1.55. The van der Waals surface area contributed by atoms with Crippen molar-refractivity contribution in [1.82, 2.24) is 19.9 Å². The van der Waals surface area contributed by atoms with Gasteiger partial charge in [-0.15, -0.1) is 11.3 Å². The Hall–Kier alpha value is -2.02. The van der Waals surface area contributed by atoms with Crippen LogP contribution in [0.25, 0.3) is 0 Å². The van der Waals surface area contributed by atoms with Crippen molar-refractivity contribution in [3.05, 3.63) is 28.7 Å². The van der Waals surface area contributed by atoms with E-state index in [-0.39, 0.29) is 11.9 Å². The molecular formula is C16H21N5OS. The first-order chi connectivity index (χ1) is 11.1. The van der Waals surface area contributed by atoms with Gasteiger partial charge in [0, 0.05) is 30.1 Å². The van der Waals surface area contributed by atoms with E-state index in [1.54, 1.807) is 11.3 Å². The van der Waals surface area contributed by atoms with Gasteiger partial charge >= 0.3 is 0 Å². The van der Waals surface area contributed by atoms with Gasteiger partial charge in [-0.25, -0.2) is 15.0 Å². The van der Waals surface area contributed by atoms with E-state index in [4.69, 9.17) is 0 Å². The molecule has 1 aliphatic rings. The van der Waals surface area contributed by atoms with E-state index in [1.807, 2.05) is 37.1 Å². The molecule has 0 saturated carbocycles. The Balaban J connectivity index is 1.86. The van der Waals surface area contributed by atoms with Crippen molar-refractivity contribution in [2.24, 2.45) is 0 Å². The molecule has 2 aromatic heterocycles. The van der Waals surface area contributed by atoms with Gasteiger partial charge in [0.1, 0.15) is 5.82 Å². The van der Waals surface area contributed by atoms with Crippen LogP contribution in [0.2, 0.25) is 0 Å². The average Bonchev–Trinajstić information content (AvgIpc) is 3.15. The highest BCUT2D eigenvalue weighted by molar-refractivity contribution is 7.13. The lowest BCUT2D eigenvalue weighted by atomic mass is 10.2. The number of thiazole rings is 1. The van der Waals surface area contributed by atoms with Gasteiger partial charge in [0.15, 0.2) is 11.0 Å². The molecule has 23 heavy (non-hydrogen) atoms. The molecule has 1 aliphatic heterocycles. The molecule has 1 atom stereocenters. The fraction of sp³-hybridized carbons (Fsp3) is 0.500. The molecule has 1 fully saturated rings. The molecule has 122 valence electrons. The van der Waals surface area contributed by atoms with Crippen molar-refractivity contribution < 1.29 is 4.79 Å². The number of aromatic nitrogens is 3. The summed E-state index contributed by atoms with van der Waals surface area (Å²) in [6.45, 7) is 6.60. The van der Waals surface area contributed by atoms with Crippen LogP contribution in [0.1, 0.15) is 49.4 Å². The van der Waals surface area contributed by atoms with Crippen molar-refractivity contribution in [2.75, 3.05) is 11.9 Å². The number of anilines is 2. The zero-order chi connectivity index (χ0) is 16.4. The Kier molecular flexibility index (Phi) is 4.56. The molecule has 0 unspecified atom stereocenters. The molecule has 3 rings (SSSR count). The number of nitrogens with zero attached hydrogens (tertiary/aromatic N) is 4. The third-order valence-electron chi connectivity index (χ3n) is 3.90. The number of rotatable bonds is 4. The Bertz CT molecular complexity index is 714. The summed E-state index contributed by atoms with van der Waals surface area (Å²) in [7, 11) is 0. The second-order valence-corrected chi connectivity index (χ2v) is 6.63. The van der Waals surface area contributed by atoms with Crippen LogP contribution in [0.5, 0.6) is 0 Å². The molecule has 7 heteroatoms. The highest BCUT2D eigenvalue weighted by atomic mass is 32.1. The average molecular weight is 331 g/mol. The van der Waals surface area contributed by atoms with Gasteiger partial charge in [0.05, 0.1) is 11.7 Å². The minimum atomic E-state index is -0.0130. The number of carbonyl (C=O) groups excluding carboxylic acids is 1. The van der Waals surface area contributed by atoms with Gasteiger partial charge in [0.2, 0.25) is 5.91 Å². The maximum Gasteiger partial charge on any atom is 0.222 e. The van der Waals surface area contributed by atoms with E-state index in [0.29, 0.717) is 6.42 Å². The fourth-order valence-electron chi connectivity index (χ4n) is 2.86. The molecule has 0 spiro atoms. The van der Waals surface area contributed by atoms with E-state index in [0.717, 1.165) is 47.5 Å². The van der Waals surface area contributed by atoms with E-state index in [1.165, 1.54) is 0 Å². The quantitative estimate of drug-likeness (QED) is 0.930. The minimum Gasteiger partial charge on any atom is -0.332 e. The van der Waals surface area contributed by atoms with Crippen molar-refractivity contribution in [3.8, 4) is 0 Å². The standard InChI is InChI=1S/C16H21N5OS/c1-4-14(22)21-7-5-6-12(21)15-17-10(2)8-13(19-15)20-16-18-11(3)9-23-16/h8-9,12H,4-7H2,1-3H3,(H,17,18,19,20)/t12-/m1/s1. The van der Waals surface area contributed by atoms with Crippen molar-refractivity contribution >= 4 is 28.2 Å². The second kappa shape index (κ2) is 6.62. The van der Waals surface area contributed by atoms with E-state index in [9.17, 15) is 4.79 Å². The molecule has 0 bridgehead atoms. The van der Waals surface area contributed by atoms with Gasteiger partial charge in [-0.3, -0.25) is 4.79 Å². The fourth-order valence-corrected chi connectivity index (χ4v) is 3.56. The summed E-state index contributed by atoms with van der Waals surface area (Å²) in [5, 5.41) is 6.06. The second-order valence-electron chi connectivity index (χ2n) is 5.77. The SMILES string of the molecule is CCC(=O)N1CCC[C@@H]1c1nc(C)cc(Nc2nc(C)cs2)n1. The molecule has 2 aromatic rings. The monoisotopic (exact) mass is 331 g/mol. The zero-order valence-electron chi connectivity index (χ0n) is 13.7. The van der Waals surface area contributed by atoms with Gasteiger partial charge in [-0.1, -0.05) is 6.92 Å². The first-order valence-electron chi connectivity index (χ1n) is 7.91. The van der Waals surface area contributed by atoms with Gasteiger partial charge in [0.25, 0.3) is 0 Å². The largest absolute Gasteiger partial charge is 0.332 e. The molecule has 0 radical (unpaired) electrons. The maximum absolute atomic E-state index is 12.1. The molecule has 1 saturated heterocycles. The molecule has 1 amide bonds. The van der Waals surface area contributed by atoms with E-state index in [2.05, 4.69) is 20.3 Å². The predicted molar refractivity (Wildman–Crippen MR) is 90.9 cm³/mol. The molecule has 0 aromatic carbocycles. The third-order valence-corrected chi connectivity index (χ3v) is 4.77. The van der Waals surface area contributed by atoms with Crippen molar-refractivity contribution in [2.45, 2.75) is 46.1 Å². The lowest BCUT2D eigenvalue weighted by molar-refractivity contribution is -0.131. The summed E-state index contributed by atoms with van der Waals surface area (Å²) in [6.07, 6.45) is 2.44.